The van der Waals surface area contributed by atoms with Gasteiger partial charge in [0.1, 0.15) is 5.75 Å². The van der Waals surface area contributed by atoms with E-state index >= 15 is 0 Å². The Morgan fingerprint density at radius 2 is 1.78 bits per heavy atom. The quantitative estimate of drug-likeness (QED) is 0.548. The van der Waals surface area contributed by atoms with Crippen molar-refractivity contribution in [3.05, 3.63) is 76.8 Å². The van der Waals surface area contributed by atoms with Crippen LogP contribution in [0.4, 0.5) is 0 Å². The minimum absolute atomic E-state index is 0.0435. The number of piperidine rings is 1. The molecule has 1 fully saturated rings. The Bertz CT molecular complexity index is 1150. The molecule has 0 unspecified atom stereocenters. The van der Waals surface area contributed by atoms with Crippen LogP contribution >= 0.6 is 11.6 Å². The number of amides is 2. The van der Waals surface area contributed by atoms with Crippen LogP contribution < -0.4 is 4.74 Å². The fraction of sp³-hybridized carbons (Fsp3) is 0.308. The number of benzene rings is 3. The second-order valence-corrected chi connectivity index (χ2v) is 8.64. The van der Waals surface area contributed by atoms with Crippen LogP contribution in [0, 0.1) is 5.92 Å². The lowest BCUT2D eigenvalue weighted by molar-refractivity contribution is -0.136. The zero-order valence-corrected chi connectivity index (χ0v) is 19.1. The number of methoxy groups -OCH3 is 1. The van der Waals surface area contributed by atoms with Crippen molar-refractivity contribution in [1.29, 1.82) is 0 Å². The Morgan fingerprint density at radius 1 is 1.06 bits per heavy atom. The van der Waals surface area contributed by atoms with Crippen molar-refractivity contribution in [2.24, 2.45) is 5.92 Å². The first-order chi connectivity index (χ1) is 15.5. The lowest BCUT2D eigenvalue weighted by Crippen LogP contribution is -2.45. The number of hydrogen-bond acceptors (Lipinski definition) is 3. The number of hydrogen-bond donors (Lipinski definition) is 0. The minimum atomic E-state index is -0.218. The molecular weight excluding hydrogens is 424 g/mol. The first-order valence-corrected chi connectivity index (χ1v) is 11.2. The number of carbonyl (C=O) groups excluding carboxylic acids is 2. The largest absolute Gasteiger partial charge is 0.496 e. The molecule has 1 aliphatic rings. The Balaban J connectivity index is 1.50. The predicted octanol–water partition coefficient (Wildman–Crippen LogP) is 5.01. The van der Waals surface area contributed by atoms with Gasteiger partial charge in [0, 0.05) is 42.7 Å². The fourth-order valence-corrected chi connectivity index (χ4v) is 4.64. The van der Waals surface area contributed by atoms with Crippen molar-refractivity contribution in [2.75, 3.05) is 27.2 Å². The highest BCUT2D eigenvalue weighted by Gasteiger charge is 2.31. The molecule has 1 saturated heterocycles. The highest BCUT2D eigenvalue weighted by Crippen LogP contribution is 2.30. The van der Waals surface area contributed by atoms with Crippen LogP contribution in [0.3, 0.4) is 0 Å². The second-order valence-electron chi connectivity index (χ2n) is 8.24. The number of carbonyl (C=O) groups is 2. The second kappa shape index (κ2) is 9.61. The Hall–Kier alpha value is -3.05. The Morgan fingerprint density at radius 3 is 2.53 bits per heavy atom. The van der Waals surface area contributed by atoms with Crippen LogP contribution in [0.1, 0.15) is 28.8 Å². The highest BCUT2D eigenvalue weighted by molar-refractivity contribution is 6.31. The van der Waals surface area contributed by atoms with Crippen LogP contribution in [0.15, 0.2) is 60.7 Å². The zero-order valence-electron chi connectivity index (χ0n) is 18.4. The standard InChI is InChI=1S/C26H27ClN2O3/c1-28(16-18-8-3-6-12-23(18)27)25(30)19-9-7-15-29(17-19)26(31)22-13-14-24(32-2)21-11-5-4-10-20(21)22/h3-6,8,10-14,19H,7,9,15-17H2,1-2H3/t19-/m1/s1. The minimum Gasteiger partial charge on any atom is -0.496 e. The number of rotatable bonds is 5. The average molecular weight is 451 g/mol. The van der Waals surface area contributed by atoms with Crippen LogP contribution in [-0.4, -0.2) is 48.9 Å². The van der Waals surface area contributed by atoms with Gasteiger partial charge in [0.25, 0.3) is 5.91 Å². The molecule has 0 saturated carbocycles. The van der Waals surface area contributed by atoms with Gasteiger partial charge in [0.05, 0.1) is 13.0 Å². The monoisotopic (exact) mass is 450 g/mol. The van der Waals surface area contributed by atoms with Gasteiger partial charge in [-0.25, -0.2) is 0 Å². The van der Waals surface area contributed by atoms with E-state index in [4.69, 9.17) is 16.3 Å². The summed E-state index contributed by atoms with van der Waals surface area (Å²) >= 11 is 6.26. The summed E-state index contributed by atoms with van der Waals surface area (Å²) in [4.78, 5) is 30.1. The van der Waals surface area contributed by atoms with Gasteiger partial charge in [-0.2, -0.15) is 0 Å². The third kappa shape index (κ3) is 4.44. The molecule has 0 N–H and O–H groups in total. The molecule has 6 heteroatoms. The van der Waals surface area contributed by atoms with Gasteiger partial charge in [0.2, 0.25) is 5.91 Å². The van der Waals surface area contributed by atoms with Gasteiger partial charge in [-0.05, 0) is 42.0 Å². The summed E-state index contributed by atoms with van der Waals surface area (Å²) in [6.45, 7) is 1.52. The molecule has 0 radical (unpaired) electrons. The molecule has 1 atom stereocenters. The molecule has 5 nitrogen and oxygen atoms in total. The third-order valence-corrected chi connectivity index (χ3v) is 6.50. The summed E-state index contributed by atoms with van der Waals surface area (Å²) < 4.78 is 5.46. The maximum Gasteiger partial charge on any atom is 0.254 e. The van der Waals surface area contributed by atoms with Crippen LogP contribution in [-0.2, 0) is 11.3 Å². The van der Waals surface area contributed by atoms with E-state index in [1.165, 1.54) is 0 Å². The maximum absolute atomic E-state index is 13.4. The summed E-state index contributed by atoms with van der Waals surface area (Å²) in [5.74, 6) is 0.520. The molecule has 0 bridgehead atoms. The number of likely N-dealkylation sites (tertiary alicyclic amines) is 1. The summed E-state index contributed by atoms with van der Waals surface area (Å²) in [5, 5.41) is 2.42. The van der Waals surface area contributed by atoms with E-state index in [0.717, 1.165) is 34.9 Å². The maximum atomic E-state index is 13.4. The van der Waals surface area contributed by atoms with Crippen molar-refractivity contribution in [1.82, 2.24) is 9.80 Å². The van der Waals surface area contributed by atoms with Gasteiger partial charge in [-0.15, -0.1) is 0 Å². The number of fused-ring (bicyclic) bond motifs is 1. The smallest absolute Gasteiger partial charge is 0.254 e. The SMILES string of the molecule is COc1ccc(C(=O)N2CCC[C@@H](C(=O)N(C)Cc3ccccc3Cl)C2)c2ccccc12. The van der Waals surface area contributed by atoms with E-state index in [2.05, 4.69) is 0 Å². The molecule has 3 aromatic carbocycles. The van der Waals surface area contributed by atoms with E-state index < -0.39 is 0 Å². The van der Waals surface area contributed by atoms with Crippen LogP contribution in [0.25, 0.3) is 10.8 Å². The average Bonchev–Trinajstić information content (AvgIpc) is 2.84. The molecule has 0 spiro atoms. The normalized spacial score (nSPS) is 16.1. The molecule has 0 aliphatic carbocycles. The van der Waals surface area contributed by atoms with Crippen molar-refractivity contribution in [3.8, 4) is 5.75 Å². The van der Waals surface area contributed by atoms with Gasteiger partial charge in [-0.1, -0.05) is 54.1 Å². The summed E-state index contributed by atoms with van der Waals surface area (Å²) in [6, 6.07) is 19.0. The number of nitrogens with zero attached hydrogens (tertiary/aromatic N) is 2. The van der Waals surface area contributed by atoms with E-state index in [1.807, 2.05) is 65.6 Å². The van der Waals surface area contributed by atoms with Crippen molar-refractivity contribution in [2.45, 2.75) is 19.4 Å². The number of halogens is 1. The number of ether oxygens (including phenoxy) is 1. The van der Waals surface area contributed by atoms with E-state index in [-0.39, 0.29) is 17.7 Å². The molecule has 1 aliphatic heterocycles. The van der Waals surface area contributed by atoms with Crippen molar-refractivity contribution >= 4 is 34.2 Å². The van der Waals surface area contributed by atoms with E-state index in [9.17, 15) is 9.59 Å². The Kier molecular flexibility index (Phi) is 6.66. The van der Waals surface area contributed by atoms with Gasteiger partial charge in [-0.3, -0.25) is 9.59 Å². The summed E-state index contributed by atoms with van der Waals surface area (Å²) in [5.41, 5.74) is 1.55. The third-order valence-electron chi connectivity index (χ3n) is 6.13. The molecule has 4 rings (SSSR count). The molecule has 1 heterocycles. The lowest BCUT2D eigenvalue weighted by atomic mass is 9.95. The van der Waals surface area contributed by atoms with Crippen LogP contribution in [0.2, 0.25) is 5.02 Å². The highest BCUT2D eigenvalue weighted by atomic mass is 35.5. The van der Waals surface area contributed by atoms with E-state index in [0.29, 0.717) is 30.2 Å². The zero-order chi connectivity index (χ0) is 22.7. The van der Waals surface area contributed by atoms with Gasteiger partial charge < -0.3 is 14.5 Å². The molecular formula is C26H27ClN2O3. The first kappa shape index (κ1) is 22.2. The van der Waals surface area contributed by atoms with Crippen LogP contribution in [0.5, 0.6) is 5.75 Å². The first-order valence-electron chi connectivity index (χ1n) is 10.8. The topological polar surface area (TPSA) is 49.9 Å². The van der Waals surface area contributed by atoms with Crippen molar-refractivity contribution < 1.29 is 14.3 Å². The predicted molar refractivity (Wildman–Crippen MR) is 127 cm³/mol. The fourth-order valence-electron chi connectivity index (χ4n) is 4.44. The van der Waals surface area contributed by atoms with Crippen molar-refractivity contribution in [3.63, 3.8) is 0 Å². The summed E-state index contributed by atoms with van der Waals surface area (Å²) in [6.07, 6.45) is 1.58. The lowest BCUT2D eigenvalue weighted by Gasteiger charge is -2.34. The Labute approximate surface area is 193 Å². The molecule has 32 heavy (non-hydrogen) atoms. The molecule has 3 aromatic rings. The summed E-state index contributed by atoms with van der Waals surface area (Å²) in [7, 11) is 3.42. The molecule has 0 aromatic heterocycles. The van der Waals surface area contributed by atoms with E-state index in [1.54, 1.807) is 19.1 Å². The molecule has 2 amide bonds. The molecule has 166 valence electrons. The van der Waals surface area contributed by atoms with Gasteiger partial charge in [0.15, 0.2) is 0 Å². The van der Waals surface area contributed by atoms with Gasteiger partial charge >= 0.3 is 0 Å².